The van der Waals surface area contributed by atoms with Crippen molar-refractivity contribution in [3.63, 3.8) is 0 Å². The van der Waals surface area contributed by atoms with Crippen molar-refractivity contribution in [2.24, 2.45) is 0 Å². The maximum absolute atomic E-state index is 12.2. The molecule has 0 fully saturated rings. The predicted molar refractivity (Wildman–Crippen MR) is 115 cm³/mol. The maximum atomic E-state index is 12.2. The van der Waals surface area contributed by atoms with Gasteiger partial charge in [-0.15, -0.1) is 11.3 Å². The van der Waals surface area contributed by atoms with Gasteiger partial charge in [-0.2, -0.15) is 4.98 Å². The molecule has 0 radical (unpaired) electrons. The van der Waals surface area contributed by atoms with E-state index in [2.05, 4.69) is 15.3 Å². The van der Waals surface area contributed by atoms with Crippen LogP contribution < -0.4 is 14.8 Å². The molecule has 0 aliphatic carbocycles. The van der Waals surface area contributed by atoms with Crippen molar-refractivity contribution in [2.75, 3.05) is 0 Å². The average molecular weight is 464 g/mol. The van der Waals surface area contributed by atoms with E-state index in [1.165, 1.54) is 11.3 Å². The number of aromatic nitrogens is 2. The summed E-state index contributed by atoms with van der Waals surface area (Å²) in [6, 6.07) is 11.9. The third-order valence-corrected chi connectivity index (χ3v) is 5.35. The van der Waals surface area contributed by atoms with Gasteiger partial charge in [0, 0.05) is 22.2 Å². The van der Waals surface area contributed by atoms with Crippen LogP contribution in [0.25, 0.3) is 11.1 Å². The summed E-state index contributed by atoms with van der Waals surface area (Å²) in [6.45, 7) is 2.02. The van der Waals surface area contributed by atoms with Gasteiger partial charge >= 0.3 is 6.08 Å². The highest BCUT2D eigenvalue weighted by Gasteiger charge is 2.15. The van der Waals surface area contributed by atoms with Crippen LogP contribution in [-0.2, 0) is 11.3 Å². The van der Waals surface area contributed by atoms with Crippen molar-refractivity contribution in [3.8, 4) is 17.6 Å². The molecule has 4 aromatic rings. The number of carbonyl (C=O) groups excluding carboxylic acids is 1. The summed E-state index contributed by atoms with van der Waals surface area (Å²) in [6.07, 6.45) is 1.06. The van der Waals surface area contributed by atoms with Gasteiger partial charge in [0.25, 0.3) is 5.91 Å². The van der Waals surface area contributed by atoms with E-state index < -0.39 is 6.10 Å². The minimum absolute atomic E-state index is 0.108. The van der Waals surface area contributed by atoms with Crippen molar-refractivity contribution in [1.29, 1.82) is 0 Å². The summed E-state index contributed by atoms with van der Waals surface area (Å²) >= 11 is 13.0. The zero-order valence-electron chi connectivity index (χ0n) is 15.6. The summed E-state index contributed by atoms with van der Waals surface area (Å²) in [5.41, 5.74) is 1.19. The zero-order valence-corrected chi connectivity index (χ0v) is 17.9. The second kappa shape index (κ2) is 8.91. The number of halogens is 2. The molecule has 0 bridgehead atoms. The van der Waals surface area contributed by atoms with E-state index in [4.69, 9.17) is 37.1 Å². The van der Waals surface area contributed by atoms with E-state index >= 15 is 0 Å². The fourth-order valence-corrected chi connectivity index (χ4v) is 3.63. The van der Waals surface area contributed by atoms with Crippen LogP contribution in [0.3, 0.4) is 0 Å². The number of hydrogen-bond acceptors (Lipinski definition) is 7. The quantitative estimate of drug-likeness (QED) is 0.391. The number of fused-ring (bicyclic) bond motifs is 1. The number of carbonyl (C=O) groups is 1. The molecule has 0 saturated heterocycles. The molecule has 2 heterocycles. The van der Waals surface area contributed by atoms with Crippen LogP contribution >= 0.6 is 34.5 Å². The molecule has 2 aromatic carbocycles. The molecular formula is C20H15Cl2N3O4S. The largest absolute Gasteiger partial charge is 0.481 e. The molecule has 2 aromatic heterocycles. The van der Waals surface area contributed by atoms with Crippen LogP contribution in [0.4, 0.5) is 0 Å². The Morgan fingerprint density at radius 1 is 1.20 bits per heavy atom. The van der Waals surface area contributed by atoms with Gasteiger partial charge in [-0.3, -0.25) is 4.79 Å². The Kier molecular flexibility index (Phi) is 6.08. The van der Waals surface area contributed by atoms with Crippen LogP contribution in [0.5, 0.6) is 17.6 Å². The Bertz CT molecular complexity index is 1180. The van der Waals surface area contributed by atoms with Crippen LogP contribution in [0, 0.1) is 0 Å². The first-order valence-corrected chi connectivity index (χ1v) is 10.4. The second-order valence-electron chi connectivity index (χ2n) is 6.22. The Morgan fingerprint density at radius 3 is 2.70 bits per heavy atom. The molecule has 4 rings (SSSR count). The number of nitrogens with zero attached hydrogens (tertiary/aromatic N) is 2. The molecule has 1 atom stereocenters. The molecule has 0 spiro atoms. The first-order valence-electron chi connectivity index (χ1n) is 8.85. The first kappa shape index (κ1) is 20.5. The molecule has 30 heavy (non-hydrogen) atoms. The van der Waals surface area contributed by atoms with E-state index in [0.29, 0.717) is 38.6 Å². The molecular weight excluding hydrogens is 449 g/mol. The van der Waals surface area contributed by atoms with Gasteiger partial charge in [-0.05, 0) is 43.3 Å². The molecule has 10 heteroatoms. The van der Waals surface area contributed by atoms with Crippen molar-refractivity contribution < 1.29 is 18.7 Å². The number of hydrogen-bond donors (Lipinski definition) is 1. The first-order chi connectivity index (χ1) is 14.5. The van der Waals surface area contributed by atoms with E-state index in [0.717, 1.165) is 4.88 Å². The van der Waals surface area contributed by atoms with Gasteiger partial charge in [-0.25, -0.2) is 4.98 Å². The van der Waals surface area contributed by atoms with Crippen LogP contribution in [0.1, 0.15) is 11.8 Å². The maximum Gasteiger partial charge on any atom is 0.400 e. The lowest BCUT2D eigenvalue weighted by Crippen LogP contribution is -2.35. The van der Waals surface area contributed by atoms with Gasteiger partial charge in [-0.1, -0.05) is 23.2 Å². The zero-order chi connectivity index (χ0) is 21.1. The number of thiazole rings is 1. The van der Waals surface area contributed by atoms with Crippen LogP contribution in [0.2, 0.25) is 9.49 Å². The molecule has 1 amide bonds. The third-order valence-electron chi connectivity index (χ3n) is 4.00. The summed E-state index contributed by atoms with van der Waals surface area (Å²) in [5.74, 6) is 0.791. The lowest BCUT2D eigenvalue weighted by molar-refractivity contribution is -0.127. The number of benzene rings is 2. The second-order valence-corrected chi connectivity index (χ2v) is 8.36. The Morgan fingerprint density at radius 2 is 1.97 bits per heavy atom. The minimum atomic E-state index is -0.679. The standard InChI is InChI=1S/C20H15Cl2N3O4S/c1-11(18(26)23-9-15-10-24-19(22)30-15)27-13-3-5-14(6-4-13)28-20-25-16-7-2-12(21)8-17(16)29-20/h2-8,10-11H,9H2,1H3,(H,23,26)/t11-/m1/s1. The minimum Gasteiger partial charge on any atom is -0.481 e. The average Bonchev–Trinajstić information content (AvgIpc) is 3.32. The third kappa shape index (κ3) is 5.02. The van der Waals surface area contributed by atoms with Crippen molar-refractivity contribution in [1.82, 2.24) is 15.3 Å². The van der Waals surface area contributed by atoms with Gasteiger partial charge in [0.1, 0.15) is 17.0 Å². The highest BCUT2D eigenvalue weighted by atomic mass is 35.5. The molecule has 0 aliphatic heterocycles. The highest BCUT2D eigenvalue weighted by molar-refractivity contribution is 7.15. The summed E-state index contributed by atoms with van der Waals surface area (Å²) in [4.78, 5) is 21.3. The summed E-state index contributed by atoms with van der Waals surface area (Å²) in [7, 11) is 0. The molecule has 0 unspecified atom stereocenters. The molecule has 0 aliphatic rings. The fourth-order valence-electron chi connectivity index (χ4n) is 2.55. The van der Waals surface area contributed by atoms with Crippen LogP contribution in [-0.4, -0.2) is 22.0 Å². The van der Waals surface area contributed by atoms with E-state index in [1.54, 1.807) is 55.6 Å². The Labute approximate surface area is 185 Å². The number of ether oxygens (including phenoxy) is 2. The Balaban J connectivity index is 1.32. The summed E-state index contributed by atoms with van der Waals surface area (Å²) in [5, 5.41) is 3.34. The molecule has 0 saturated carbocycles. The van der Waals surface area contributed by atoms with Gasteiger partial charge in [0.2, 0.25) is 0 Å². The van der Waals surface area contributed by atoms with E-state index in [-0.39, 0.29) is 12.0 Å². The molecule has 154 valence electrons. The van der Waals surface area contributed by atoms with E-state index in [9.17, 15) is 4.79 Å². The van der Waals surface area contributed by atoms with Crippen molar-refractivity contribution in [2.45, 2.75) is 19.6 Å². The normalized spacial score (nSPS) is 12.0. The SMILES string of the molecule is C[C@@H](Oc1ccc(Oc2nc3ccc(Cl)cc3o2)cc1)C(=O)NCc1cnc(Cl)s1. The monoisotopic (exact) mass is 463 g/mol. The highest BCUT2D eigenvalue weighted by Crippen LogP contribution is 2.28. The fraction of sp³-hybridized carbons (Fsp3) is 0.150. The topological polar surface area (TPSA) is 86.5 Å². The molecule has 7 nitrogen and oxygen atoms in total. The summed E-state index contributed by atoms with van der Waals surface area (Å²) < 4.78 is 17.3. The smallest absolute Gasteiger partial charge is 0.400 e. The molecule has 1 N–H and O–H groups in total. The lowest BCUT2D eigenvalue weighted by Gasteiger charge is -2.14. The number of rotatable bonds is 7. The van der Waals surface area contributed by atoms with Gasteiger partial charge < -0.3 is 19.2 Å². The number of nitrogens with one attached hydrogen (secondary N) is 1. The van der Waals surface area contributed by atoms with E-state index in [1.807, 2.05) is 0 Å². The van der Waals surface area contributed by atoms with Crippen molar-refractivity contribution >= 4 is 51.5 Å². The Hall–Kier alpha value is -2.81. The number of amides is 1. The number of oxazole rings is 1. The lowest BCUT2D eigenvalue weighted by atomic mass is 10.3. The van der Waals surface area contributed by atoms with Gasteiger partial charge in [0.05, 0.1) is 6.54 Å². The van der Waals surface area contributed by atoms with Gasteiger partial charge in [0.15, 0.2) is 16.2 Å². The van der Waals surface area contributed by atoms with Crippen LogP contribution in [0.15, 0.2) is 53.1 Å². The van der Waals surface area contributed by atoms with Crippen molar-refractivity contribution in [3.05, 3.63) is 63.0 Å². The predicted octanol–water partition coefficient (Wildman–Crippen LogP) is 5.47.